The summed E-state index contributed by atoms with van der Waals surface area (Å²) in [7, 11) is 0. The average Bonchev–Trinajstić information content (AvgIpc) is 3.45. The molecule has 0 saturated heterocycles. The highest BCUT2D eigenvalue weighted by molar-refractivity contribution is 5.81. The molecule has 1 fully saturated rings. The van der Waals surface area contributed by atoms with Crippen molar-refractivity contribution in [2.45, 2.75) is 38.0 Å². The molecule has 0 bridgehead atoms. The summed E-state index contributed by atoms with van der Waals surface area (Å²) in [5.74, 6) is 0.0381. The molecule has 0 spiro atoms. The Kier molecular flexibility index (Phi) is 4.47. The molecule has 154 valence electrons. The van der Waals surface area contributed by atoms with Gasteiger partial charge < -0.3 is 14.3 Å². The van der Waals surface area contributed by atoms with Gasteiger partial charge in [-0.1, -0.05) is 30.2 Å². The number of aromatic nitrogens is 4. The van der Waals surface area contributed by atoms with E-state index in [-0.39, 0.29) is 11.6 Å². The summed E-state index contributed by atoms with van der Waals surface area (Å²) < 4.78 is 37.1. The Morgan fingerprint density at radius 1 is 1.10 bits per heavy atom. The van der Waals surface area contributed by atoms with Crippen molar-refractivity contribution >= 4 is 11.0 Å². The van der Waals surface area contributed by atoms with E-state index in [0.717, 1.165) is 29.4 Å². The maximum Gasteiger partial charge on any atom is 0.532 e. The van der Waals surface area contributed by atoms with Crippen molar-refractivity contribution in [2.24, 2.45) is 0 Å². The lowest BCUT2D eigenvalue weighted by molar-refractivity contribution is -0.327. The van der Waals surface area contributed by atoms with Gasteiger partial charge in [-0.2, -0.15) is 0 Å². The molecule has 1 saturated carbocycles. The maximum atomic E-state index is 12.7. The van der Waals surface area contributed by atoms with Crippen LogP contribution in [0.3, 0.4) is 0 Å². The molecule has 1 aliphatic rings. The lowest BCUT2D eigenvalue weighted by Crippen LogP contribution is -2.23. The van der Waals surface area contributed by atoms with Crippen molar-refractivity contribution in [1.82, 2.24) is 20.0 Å². The van der Waals surface area contributed by atoms with Crippen LogP contribution in [-0.2, 0) is 0 Å². The largest absolute Gasteiger partial charge is 0.532 e. The van der Waals surface area contributed by atoms with E-state index < -0.39 is 6.29 Å². The Morgan fingerprint density at radius 2 is 1.93 bits per heavy atom. The van der Waals surface area contributed by atoms with Gasteiger partial charge in [0.1, 0.15) is 23.2 Å². The molecule has 2 heterocycles. The van der Waals surface area contributed by atoms with Crippen LogP contribution in [0.2, 0.25) is 0 Å². The van der Waals surface area contributed by atoms with Gasteiger partial charge >= 0.3 is 6.29 Å². The minimum absolute atomic E-state index is 0.204. The highest BCUT2D eigenvalue weighted by atomic mass is 19.3. The first-order valence-corrected chi connectivity index (χ1v) is 9.67. The van der Waals surface area contributed by atoms with Gasteiger partial charge in [0.15, 0.2) is 0 Å². The second-order valence-electron chi connectivity index (χ2n) is 7.33. The lowest BCUT2D eigenvalue weighted by Gasteiger charge is -2.10. The molecule has 7 nitrogen and oxygen atoms in total. The molecule has 0 amide bonds. The zero-order valence-electron chi connectivity index (χ0n) is 15.8. The molecule has 2 aromatic carbocycles. The van der Waals surface area contributed by atoms with Crippen molar-refractivity contribution in [3.63, 3.8) is 0 Å². The summed E-state index contributed by atoms with van der Waals surface area (Å²) in [4.78, 5) is 4.45. The number of hydrogen-bond donors (Lipinski definition) is 1. The van der Waals surface area contributed by atoms with E-state index in [1.54, 1.807) is 6.07 Å². The predicted octanol–water partition coefficient (Wildman–Crippen LogP) is 4.79. The molecule has 1 N–H and O–H groups in total. The molecule has 9 heteroatoms. The molecule has 30 heavy (non-hydrogen) atoms. The first-order valence-electron chi connectivity index (χ1n) is 9.67. The number of benzene rings is 2. The monoisotopic (exact) mass is 412 g/mol. The highest BCUT2D eigenvalue weighted by Gasteiger charge is 2.28. The molecule has 2 aromatic heterocycles. The first-order chi connectivity index (χ1) is 14.5. The standard InChI is InChI=1S/C21H18F2N4O3/c22-21(23,28)30-16-7-3-4-14(10-16)20-24-18(12-29-20)13-8-9-19-17(11-13)25-26-27(19)15-5-1-2-6-15/h3-4,7-12,15,28H,1-2,5-6H2. The Hall–Kier alpha value is -3.33. The molecule has 0 radical (unpaired) electrons. The molecule has 1 aliphatic carbocycles. The number of oxazole rings is 1. The summed E-state index contributed by atoms with van der Waals surface area (Å²) in [5.41, 5.74) is 3.61. The summed E-state index contributed by atoms with van der Waals surface area (Å²) in [6.45, 7) is 0. The third-order valence-electron chi connectivity index (χ3n) is 5.26. The number of ether oxygens (including phenoxy) is 1. The average molecular weight is 412 g/mol. The molecule has 5 rings (SSSR count). The van der Waals surface area contributed by atoms with Crippen molar-refractivity contribution in [1.29, 1.82) is 0 Å². The number of aliphatic hydroxyl groups is 1. The van der Waals surface area contributed by atoms with Gasteiger partial charge in [-0.25, -0.2) is 9.67 Å². The normalized spacial score (nSPS) is 15.2. The van der Waals surface area contributed by atoms with E-state index >= 15 is 0 Å². The Labute approximate surface area is 169 Å². The van der Waals surface area contributed by atoms with Gasteiger partial charge in [-0.05, 0) is 43.2 Å². The lowest BCUT2D eigenvalue weighted by atomic mass is 10.1. The summed E-state index contributed by atoms with van der Waals surface area (Å²) in [6, 6.07) is 12.0. The van der Waals surface area contributed by atoms with Gasteiger partial charge in [0.25, 0.3) is 0 Å². The smallest absolute Gasteiger partial charge is 0.444 e. The minimum atomic E-state index is -4.26. The van der Waals surface area contributed by atoms with E-state index in [2.05, 4.69) is 20.0 Å². The second-order valence-corrected chi connectivity index (χ2v) is 7.33. The number of alkyl halides is 2. The van der Waals surface area contributed by atoms with Crippen LogP contribution in [0.5, 0.6) is 5.75 Å². The van der Waals surface area contributed by atoms with Crippen LogP contribution in [0.1, 0.15) is 31.7 Å². The van der Waals surface area contributed by atoms with Crippen molar-refractivity contribution in [2.75, 3.05) is 0 Å². The molecule has 0 aliphatic heterocycles. The second kappa shape index (κ2) is 7.17. The first kappa shape index (κ1) is 18.7. The predicted molar refractivity (Wildman–Crippen MR) is 104 cm³/mol. The molecule has 0 atom stereocenters. The van der Waals surface area contributed by atoms with Crippen LogP contribution in [-0.4, -0.2) is 31.4 Å². The SMILES string of the molecule is OC(F)(F)Oc1cccc(-c2nc(-c3ccc4c(c3)nnn4C3CCCC3)co2)c1. The molecular formula is C21H18F2N4O3. The van der Waals surface area contributed by atoms with E-state index in [9.17, 15) is 8.78 Å². The van der Waals surface area contributed by atoms with Crippen LogP contribution in [0.15, 0.2) is 53.1 Å². The number of hydrogen-bond acceptors (Lipinski definition) is 6. The van der Waals surface area contributed by atoms with Gasteiger partial charge in [-0.3, -0.25) is 0 Å². The number of rotatable bonds is 5. The summed E-state index contributed by atoms with van der Waals surface area (Å²) in [5, 5.41) is 17.2. The topological polar surface area (TPSA) is 86.2 Å². The number of nitrogens with zero attached hydrogens (tertiary/aromatic N) is 4. The fourth-order valence-electron chi connectivity index (χ4n) is 3.89. The van der Waals surface area contributed by atoms with Crippen LogP contribution in [0.4, 0.5) is 8.78 Å². The van der Waals surface area contributed by atoms with E-state index in [1.807, 2.05) is 22.9 Å². The maximum absolute atomic E-state index is 12.7. The molecule has 4 aromatic rings. The Balaban J connectivity index is 1.43. The van der Waals surface area contributed by atoms with Crippen molar-refractivity contribution in [3.8, 4) is 28.5 Å². The Morgan fingerprint density at radius 3 is 2.73 bits per heavy atom. The number of halogens is 2. The zero-order valence-corrected chi connectivity index (χ0v) is 15.8. The molecule has 0 unspecified atom stereocenters. The van der Waals surface area contributed by atoms with Gasteiger partial charge in [0.05, 0.1) is 11.6 Å². The quantitative estimate of drug-likeness (QED) is 0.475. The third kappa shape index (κ3) is 3.63. The van der Waals surface area contributed by atoms with Crippen molar-refractivity contribution in [3.05, 3.63) is 48.7 Å². The van der Waals surface area contributed by atoms with E-state index in [0.29, 0.717) is 17.3 Å². The van der Waals surface area contributed by atoms with Crippen LogP contribution in [0.25, 0.3) is 33.7 Å². The fraction of sp³-hybridized carbons (Fsp3) is 0.286. The van der Waals surface area contributed by atoms with E-state index in [4.69, 9.17) is 9.52 Å². The highest BCUT2D eigenvalue weighted by Crippen LogP contribution is 2.33. The third-order valence-corrected chi connectivity index (χ3v) is 5.26. The van der Waals surface area contributed by atoms with Gasteiger partial charge in [0, 0.05) is 11.1 Å². The van der Waals surface area contributed by atoms with Gasteiger partial charge in [0.2, 0.25) is 5.89 Å². The molecular weight excluding hydrogens is 394 g/mol. The van der Waals surface area contributed by atoms with Crippen LogP contribution in [0, 0.1) is 0 Å². The zero-order chi connectivity index (χ0) is 20.7. The minimum Gasteiger partial charge on any atom is -0.444 e. The van der Waals surface area contributed by atoms with Crippen LogP contribution < -0.4 is 4.74 Å². The Bertz CT molecular complexity index is 1190. The summed E-state index contributed by atoms with van der Waals surface area (Å²) >= 11 is 0. The summed E-state index contributed by atoms with van der Waals surface area (Å²) in [6.07, 6.45) is 1.91. The number of fused-ring (bicyclic) bond motifs is 1. The van der Waals surface area contributed by atoms with Crippen LogP contribution >= 0.6 is 0 Å². The van der Waals surface area contributed by atoms with Crippen molar-refractivity contribution < 1.29 is 23.0 Å². The fourth-order valence-corrected chi connectivity index (χ4v) is 3.89. The van der Waals surface area contributed by atoms with E-state index in [1.165, 1.54) is 37.3 Å². The van der Waals surface area contributed by atoms with Gasteiger partial charge in [-0.15, -0.1) is 13.9 Å².